The van der Waals surface area contributed by atoms with Crippen LogP contribution in [0.2, 0.25) is 0 Å². The van der Waals surface area contributed by atoms with Crippen molar-refractivity contribution < 1.29 is 0 Å². The van der Waals surface area contributed by atoms with E-state index >= 15 is 0 Å². The highest BCUT2D eigenvalue weighted by Crippen LogP contribution is 2.23. The second kappa shape index (κ2) is 4.49. The van der Waals surface area contributed by atoms with E-state index in [9.17, 15) is 0 Å². The summed E-state index contributed by atoms with van der Waals surface area (Å²) in [6.45, 7) is 1.13. The lowest BCUT2D eigenvalue weighted by Gasteiger charge is -2.22. The molecule has 3 heteroatoms. The summed E-state index contributed by atoms with van der Waals surface area (Å²) >= 11 is 3.95. The molecule has 0 aromatic carbocycles. The van der Waals surface area contributed by atoms with Crippen molar-refractivity contribution >= 4 is 23.1 Å². The van der Waals surface area contributed by atoms with Gasteiger partial charge in [-0.15, -0.1) is 11.3 Å². The maximum atomic E-state index is 2.49. The van der Waals surface area contributed by atoms with Crippen LogP contribution in [0, 0.1) is 0 Å². The molecule has 0 bridgehead atoms. The van der Waals surface area contributed by atoms with Gasteiger partial charge in [0.25, 0.3) is 0 Å². The van der Waals surface area contributed by atoms with Crippen molar-refractivity contribution in [2.75, 3.05) is 18.6 Å². The molecule has 0 saturated carbocycles. The monoisotopic (exact) mass is 213 g/mol. The van der Waals surface area contributed by atoms with Crippen LogP contribution in [0.25, 0.3) is 0 Å². The minimum atomic E-state index is 0.812. The molecule has 0 spiro atoms. The molecule has 0 N–H and O–H groups in total. The highest BCUT2D eigenvalue weighted by molar-refractivity contribution is 7.99. The van der Waals surface area contributed by atoms with E-state index in [1.54, 1.807) is 0 Å². The zero-order valence-electron chi connectivity index (χ0n) is 7.90. The number of thiophene rings is 1. The minimum Gasteiger partial charge on any atom is -0.297 e. The molecule has 2 rings (SSSR count). The third-order valence-electron chi connectivity index (χ3n) is 2.51. The summed E-state index contributed by atoms with van der Waals surface area (Å²) in [5.74, 6) is 2.67. The molecular formula is C10H15NS2. The van der Waals surface area contributed by atoms with Crippen molar-refractivity contribution in [1.29, 1.82) is 0 Å². The Morgan fingerprint density at radius 2 is 2.54 bits per heavy atom. The molecule has 1 aromatic rings. The first-order valence-electron chi connectivity index (χ1n) is 4.66. The lowest BCUT2D eigenvalue weighted by atomic mass is 10.2. The number of hydrogen-bond acceptors (Lipinski definition) is 3. The number of rotatable bonds is 3. The molecule has 0 amide bonds. The lowest BCUT2D eigenvalue weighted by Crippen LogP contribution is -2.30. The molecular weight excluding hydrogens is 198 g/mol. The van der Waals surface area contributed by atoms with Crippen LogP contribution in [0.1, 0.15) is 11.3 Å². The number of nitrogens with zero attached hydrogens (tertiary/aromatic N) is 1. The average Bonchev–Trinajstić information content (AvgIpc) is 2.74. The van der Waals surface area contributed by atoms with Gasteiger partial charge in [-0.05, 0) is 30.7 Å². The fraction of sp³-hybridized carbons (Fsp3) is 0.600. The van der Waals surface area contributed by atoms with Gasteiger partial charge in [0.2, 0.25) is 0 Å². The first kappa shape index (κ1) is 9.56. The molecule has 1 unspecified atom stereocenters. The molecule has 0 aliphatic carbocycles. The molecule has 13 heavy (non-hydrogen) atoms. The standard InChI is InChI=1S/C10H15NS2/c1-11(9-4-6-12-8-9)7-10-3-2-5-13-10/h2-3,5,9H,4,6-8H2,1H3. The Hall–Kier alpha value is 0.01000. The van der Waals surface area contributed by atoms with Crippen molar-refractivity contribution in [2.45, 2.75) is 19.0 Å². The lowest BCUT2D eigenvalue weighted by molar-refractivity contribution is 0.256. The summed E-state index contributed by atoms with van der Waals surface area (Å²) in [6, 6.07) is 5.17. The molecule has 2 heterocycles. The van der Waals surface area contributed by atoms with E-state index in [2.05, 4.69) is 41.2 Å². The largest absolute Gasteiger partial charge is 0.297 e. The van der Waals surface area contributed by atoms with E-state index in [1.165, 1.54) is 22.8 Å². The number of hydrogen-bond donors (Lipinski definition) is 0. The van der Waals surface area contributed by atoms with Gasteiger partial charge in [-0.25, -0.2) is 0 Å². The maximum Gasteiger partial charge on any atom is 0.0328 e. The predicted molar refractivity (Wildman–Crippen MR) is 61.5 cm³/mol. The maximum absolute atomic E-state index is 2.49. The molecule has 1 fully saturated rings. The first-order valence-corrected chi connectivity index (χ1v) is 6.70. The Bertz CT molecular complexity index is 239. The van der Waals surface area contributed by atoms with Crippen molar-refractivity contribution in [2.24, 2.45) is 0 Å². The molecule has 0 radical (unpaired) electrons. The second-order valence-corrected chi connectivity index (χ2v) is 5.69. The Labute approximate surface area is 88.1 Å². The quantitative estimate of drug-likeness (QED) is 0.759. The van der Waals surface area contributed by atoms with Crippen LogP contribution in [0.15, 0.2) is 17.5 Å². The normalized spacial score (nSPS) is 22.8. The van der Waals surface area contributed by atoms with Gasteiger partial charge in [0.05, 0.1) is 0 Å². The topological polar surface area (TPSA) is 3.24 Å². The smallest absolute Gasteiger partial charge is 0.0328 e. The summed E-state index contributed by atoms with van der Waals surface area (Å²) < 4.78 is 0. The summed E-state index contributed by atoms with van der Waals surface area (Å²) in [6.07, 6.45) is 1.37. The molecule has 1 aliphatic heterocycles. The summed E-state index contributed by atoms with van der Waals surface area (Å²) in [7, 11) is 2.25. The van der Waals surface area contributed by atoms with Crippen LogP contribution in [0.4, 0.5) is 0 Å². The number of thioether (sulfide) groups is 1. The van der Waals surface area contributed by atoms with Gasteiger partial charge in [-0.1, -0.05) is 6.07 Å². The van der Waals surface area contributed by atoms with Gasteiger partial charge < -0.3 is 0 Å². The van der Waals surface area contributed by atoms with Crippen LogP contribution < -0.4 is 0 Å². The molecule has 1 saturated heterocycles. The van der Waals surface area contributed by atoms with E-state index in [1.807, 2.05) is 11.3 Å². The summed E-state index contributed by atoms with van der Waals surface area (Å²) in [4.78, 5) is 3.98. The molecule has 1 aromatic heterocycles. The fourth-order valence-corrected chi connectivity index (χ4v) is 3.71. The molecule has 1 aliphatic rings. The summed E-state index contributed by atoms with van der Waals surface area (Å²) in [5.41, 5.74) is 0. The van der Waals surface area contributed by atoms with E-state index in [0.29, 0.717) is 0 Å². The van der Waals surface area contributed by atoms with Crippen molar-refractivity contribution in [3.05, 3.63) is 22.4 Å². The average molecular weight is 213 g/mol. The Morgan fingerprint density at radius 1 is 1.62 bits per heavy atom. The van der Waals surface area contributed by atoms with Gasteiger partial charge in [-0.3, -0.25) is 4.90 Å². The van der Waals surface area contributed by atoms with Crippen molar-refractivity contribution in [1.82, 2.24) is 4.90 Å². The van der Waals surface area contributed by atoms with Gasteiger partial charge >= 0.3 is 0 Å². The van der Waals surface area contributed by atoms with Crippen LogP contribution >= 0.6 is 23.1 Å². The van der Waals surface area contributed by atoms with Gasteiger partial charge in [0, 0.05) is 23.2 Å². The Balaban J connectivity index is 1.87. The zero-order valence-corrected chi connectivity index (χ0v) is 9.53. The fourth-order valence-electron chi connectivity index (χ4n) is 1.65. The van der Waals surface area contributed by atoms with Gasteiger partial charge in [0.1, 0.15) is 0 Å². The highest BCUT2D eigenvalue weighted by atomic mass is 32.2. The van der Waals surface area contributed by atoms with Gasteiger partial charge in [-0.2, -0.15) is 11.8 Å². The third kappa shape index (κ3) is 2.48. The van der Waals surface area contributed by atoms with Crippen LogP contribution in [0.5, 0.6) is 0 Å². The zero-order chi connectivity index (χ0) is 9.10. The highest BCUT2D eigenvalue weighted by Gasteiger charge is 2.19. The van der Waals surface area contributed by atoms with Crippen LogP contribution in [-0.4, -0.2) is 29.5 Å². The molecule has 1 nitrogen and oxygen atoms in total. The SMILES string of the molecule is CN(Cc1cccs1)C1CCSC1. The van der Waals surface area contributed by atoms with E-state index in [-0.39, 0.29) is 0 Å². The first-order chi connectivity index (χ1) is 6.36. The summed E-state index contributed by atoms with van der Waals surface area (Å²) in [5, 5.41) is 2.16. The van der Waals surface area contributed by atoms with Crippen molar-refractivity contribution in [3.63, 3.8) is 0 Å². The molecule has 72 valence electrons. The molecule has 1 atom stereocenters. The van der Waals surface area contributed by atoms with Crippen LogP contribution in [0.3, 0.4) is 0 Å². The van der Waals surface area contributed by atoms with E-state index in [0.717, 1.165) is 12.6 Å². The third-order valence-corrected chi connectivity index (χ3v) is 4.52. The Morgan fingerprint density at radius 3 is 3.15 bits per heavy atom. The van der Waals surface area contributed by atoms with E-state index in [4.69, 9.17) is 0 Å². The minimum absolute atomic E-state index is 0.812. The van der Waals surface area contributed by atoms with E-state index < -0.39 is 0 Å². The van der Waals surface area contributed by atoms with Crippen LogP contribution in [-0.2, 0) is 6.54 Å². The Kier molecular flexibility index (Phi) is 3.30. The second-order valence-electron chi connectivity index (χ2n) is 3.51. The van der Waals surface area contributed by atoms with Crippen molar-refractivity contribution in [3.8, 4) is 0 Å². The predicted octanol–water partition coefficient (Wildman–Crippen LogP) is 2.69. The van der Waals surface area contributed by atoms with Gasteiger partial charge in [0.15, 0.2) is 0 Å².